The molecule has 0 aromatic carbocycles. The van der Waals surface area contributed by atoms with Gasteiger partial charge in [-0.1, -0.05) is 0 Å². The fourth-order valence-electron chi connectivity index (χ4n) is 0.491. The van der Waals surface area contributed by atoms with E-state index in [9.17, 15) is 0 Å². The third-order valence-electron chi connectivity index (χ3n) is 0.685. The van der Waals surface area contributed by atoms with Crippen molar-refractivity contribution < 1.29 is 9.84 Å². The topological polar surface area (TPSA) is 55.5 Å². The lowest BCUT2D eigenvalue weighted by atomic mass is 10.2. The van der Waals surface area contributed by atoms with Crippen LogP contribution in [0, 0.1) is 0 Å². The van der Waals surface area contributed by atoms with Crippen LogP contribution in [0.3, 0.4) is 0 Å². The van der Waals surface area contributed by atoms with Gasteiger partial charge in [0.15, 0.2) is 0 Å². The smallest absolute Gasteiger partial charge is 0.129 e. The van der Waals surface area contributed by atoms with Gasteiger partial charge in [-0.2, -0.15) is 0 Å². The lowest BCUT2D eigenvalue weighted by Crippen LogP contribution is -2.36. The standard InChI is InChI=1S/C6H15NO2/c1-6(2,3)9-5(7)4-8/h5,8H,4,7H2,1-3H3. The first-order valence-electron chi connectivity index (χ1n) is 3.00. The van der Waals surface area contributed by atoms with Gasteiger partial charge in [0.25, 0.3) is 0 Å². The number of rotatable bonds is 2. The number of aliphatic hydroxyl groups excluding tert-OH is 1. The van der Waals surface area contributed by atoms with Crippen molar-refractivity contribution >= 4 is 0 Å². The fourth-order valence-corrected chi connectivity index (χ4v) is 0.491. The molecular formula is C6H15NO2. The van der Waals surface area contributed by atoms with Gasteiger partial charge >= 0.3 is 0 Å². The molecule has 3 N–H and O–H groups in total. The van der Waals surface area contributed by atoms with Gasteiger partial charge in [-0.3, -0.25) is 0 Å². The molecule has 0 spiro atoms. The van der Waals surface area contributed by atoms with E-state index < -0.39 is 6.23 Å². The van der Waals surface area contributed by atoms with Crippen LogP contribution < -0.4 is 5.73 Å². The molecule has 0 aromatic rings. The monoisotopic (exact) mass is 133 g/mol. The second kappa shape index (κ2) is 3.15. The van der Waals surface area contributed by atoms with Crippen molar-refractivity contribution in [3.63, 3.8) is 0 Å². The van der Waals surface area contributed by atoms with Crippen molar-refractivity contribution in [3.05, 3.63) is 0 Å². The summed E-state index contributed by atoms with van der Waals surface area (Å²) < 4.78 is 5.11. The van der Waals surface area contributed by atoms with E-state index in [1.807, 2.05) is 20.8 Å². The van der Waals surface area contributed by atoms with Gasteiger partial charge < -0.3 is 15.6 Å². The normalized spacial score (nSPS) is 15.7. The van der Waals surface area contributed by atoms with Crippen molar-refractivity contribution in [1.82, 2.24) is 0 Å². The molecule has 0 saturated carbocycles. The van der Waals surface area contributed by atoms with E-state index in [1.54, 1.807) is 0 Å². The molecule has 56 valence electrons. The van der Waals surface area contributed by atoms with Gasteiger partial charge in [0.2, 0.25) is 0 Å². The Kier molecular flexibility index (Phi) is 3.11. The molecule has 0 amide bonds. The summed E-state index contributed by atoms with van der Waals surface area (Å²) in [5.41, 5.74) is 5.03. The molecule has 1 unspecified atom stereocenters. The molecule has 0 rings (SSSR count). The van der Waals surface area contributed by atoms with Gasteiger partial charge in [-0.25, -0.2) is 0 Å². The quantitative estimate of drug-likeness (QED) is 0.524. The zero-order valence-corrected chi connectivity index (χ0v) is 6.22. The lowest BCUT2D eigenvalue weighted by molar-refractivity contribution is -0.0766. The van der Waals surface area contributed by atoms with Crippen molar-refractivity contribution in [2.75, 3.05) is 6.61 Å². The summed E-state index contributed by atoms with van der Waals surface area (Å²) in [5.74, 6) is 0. The molecule has 9 heavy (non-hydrogen) atoms. The zero-order chi connectivity index (χ0) is 7.49. The number of hydrogen-bond acceptors (Lipinski definition) is 3. The summed E-state index contributed by atoms with van der Waals surface area (Å²) in [6.07, 6.45) is -0.551. The van der Waals surface area contributed by atoms with E-state index in [1.165, 1.54) is 0 Å². The third-order valence-corrected chi connectivity index (χ3v) is 0.685. The van der Waals surface area contributed by atoms with Gasteiger partial charge in [-0.15, -0.1) is 0 Å². The van der Waals surface area contributed by atoms with Crippen LogP contribution in [-0.4, -0.2) is 23.5 Å². The number of nitrogens with two attached hydrogens (primary N) is 1. The van der Waals surface area contributed by atoms with Crippen molar-refractivity contribution in [1.29, 1.82) is 0 Å². The van der Waals surface area contributed by atoms with E-state index in [4.69, 9.17) is 15.6 Å². The molecule has 0 fully saturated rings. The maximum Gasteiger partial charge on any atom is 0.129 e. The van der Waals surface area contributed by atoms with Crippen LogP contribution in [-0.2, 0) is 4.74 Å². The van der Waals surface area contributed by atoms with E-state index in [2.05, 4.69) is 0 Å². The maximum absolute atomic E-state index is 8.45. The second-order valence-electron chi connectivity index (χ2n) is 2.95. The molecular weight excluding hydrogens is 118 g/mol. The molecule has 0 radical (unpaired) electrons. The van der Waals surface area contributed by atoms with Crippen LogP contribution >= 0.6 is 0 Å². The minimum atomic E-state index is -0.551. The Bertz CT molecular complexity index is 77.6. The van der Waals surface area contributed by atoms with Crippen LogP contribution in [0.5, 0.6) is 0 Å². The maximum atomic E-state index is 8.45. The average molecular weight is 133 g/mol. The first kappa shape index (κ1) is 8.88. The molecule has 0 aliphatic carbocycles. The zero-order valence-electron chi connectivity index (χ0n) is 6.22. The Labute approximate surface area is 55.8 Å². The Hall–Kier alpha value is -0.120. The van der Waals surface area contributed by atoms with Crippen molar-refractivity contribution in [3.8, 4) is 0 Å². The summed E-state index contributed by atoms with van der Waals surface area (Å²) in [6.45, 7) is 5.55. The second-order valence-corrected chi connectivity index (χ2v) is 2.95. The van der Waals surface area contributed by atoms with E-state index in [-0.39, 0.29) is 12.2 Å². The summed E-state index contributed by atoms with van der Waals surface area (Å²) in [5, 5.41) is 8.45. The largest absolute Gasteiger partial charge is 0.392 e. The molecule has 0 aliphatic rings. The highest BCUT2D eigenvalue weighted by Gasteiger charge is 2.13. The molecule has 0 saturated heterocycles. The highest BCUT2D eigenvalue weighted by molar-refractivity contribution is 4.60. The molecule has 0 aliphatic heterocycles. The number of ether oxygens (including phenoxy) is 1. The molecule has 0 aromatic heterocycles. The van der Waals surface area contributed by atoms with E-state index >= 15 is 0 Å². The minimum Gasteiger partial charge on any atom is -0.392 e. The van der Waals surface area contributed by atoms with Crippen LogP contribution in [0.15, 0.2) is 0 Å². The minimum absolute atomic E-state index is 0.128. The summed E-state index contributed by atoms with van der Waals surface area (Å²) in [4.78, 5) is 0. The SMILES string of the molecule is CC(C)(C)OC(N)CO. The first-order valence-corrected chi connectivity index (χ1v) is 3.00. The Morgan fingerprint density at radius 2 is 2.00 bits per heavy atom. The number of hydrogen-bond donors (Lipinski definition) is 2. The molecule has 1 atom stereocenters. The molecule has 3 nitrogen and oxygen atoms in total. The fraction of sp³-hybridized carbons (Fsp3) is 1.00. The van der Waals surface area contributed by atoms with Crippen LogP contribution in [0.25, 0.3) is 0 Å². The van der Waals surface area contributed by atoms with Crippen LogP contribution in [0.1, 0.15) is 20.8 Å². The Balaban J connectivity index is 3.47. The van der Waals surface area contributed by atoms with Crippen LogP contribution in [0.2, 0.25) is 0 Å². The average Bonchev–Trinajstić information content (AvgIpc) is 1.62. The van der Waals surface area contributed by atoms with E-state index in [0.29, 0.717) is 0 Å². The van der Waals surface area contributed by atoms with Crippen LogP contribution in [0.4, 0.5) is 0 Å². The van der Waals surface area contributed by atoms with E-state index in [0.717, 1.165) is 0 Å². The predicted octanol–water partition coefficient (Wildman–Crippen LogP) is 0.0786. The molecule has 3 heteroatoms. The van der Waals surface area contributed by atoms with Gasteiger partial charge in [-0.05, 0) is 20.8 Å². The lowest BCUT2D eigenvalue weighted by Gasteiger charge is -2.23. The molecule has 0 heterocycles. The van der Waals surface area contributed by atoms with Gasteiger partial charge in [0.05, 0.1) is 12.2 Å². The summed E-state index contributed by atoms with van der Waals surface area (Å²) in [6, 6.07) is 0. The summed E-state index contributed by atoms with van der Waals surface area (Å²) >= 11 is 0. The Morgan fingerprint density at radius 3 is 2.11 bits per heavy atom. The first-order chi connectivity index (χ1) is 3.95. The predicted molar refractivity (Wildman–Crippen MR) is 35.9 cm³/mol. The van der Waals surface area contributed by atoms with Gasteiger partial charge in [0, 0.05) is 0 Å². The Morgan fingerprint density at radius 1 is 1.56 bits per heavy atom. The number of aliphatic hydroxyl groups is 1. The van der Waals surface area contributed by atoms with Crippen molar-refractivity contribution in [2.45, 2.75) is 32.6 Å². The van der Waals surface area contributed by atoms with Crippen molar-refractivity contribution in [2.24, 2.45) is 5.73 Å². The highest BCUT2D eigenvalue weighted by Crippen LogP contribution is 2.07. The van der Waals surface area contributed by atoms with Gasteiger partial charge in [0.1, 0.15) is 6.23 Å². The molecule has 0 bridgehead atoms. The third kappa shape index (κ3) is 5.76. The highest BCUT2D eigenvalue weighted by atomic mass is 16.5. The summed E-state index contributed by atoms with van der Waals surface area (Å²) in [7, 11) is 0.